The Morgan fingerprint density at radius 1 is 1.50 bits per heavy atom. The van der Waals surface area contributed by atoms with E-state index < -0.39 is 5.82 Å². The minimum Gasteiger partial charge on any atom is -0.324 e. The van der Waals surface area contributed by atoms with E-state index >= 15 is 0 Å². The lowest BCUT2D eigenvalue weighted by molar-refractivity contribution is 0.626. The molecule has 5 nitrogen and oxygen atoms in total. The van der Waals surface area contributed by atoms with Crippen LogP contribution in [-0.4, -0.2) is 14.3 Å². The molecule has 1 heterocycles. The number of halogens is 3. The third kappa shape index (κ3) is 2.40. The highest BCUT2D eigenvalue weighted by Gasteiger charge is 2.12. The predicted octanol–water partition coefficient (Wildman–Crippen LogP) is 1.24. The van der Waals surface area contributed by atoms with E-state index in [1.807, 2.05) is 0 Å². The Labute approximate surface area is 113 Å². The summed E-state index contributed by atoms with van der Waals surface area (Å²) in [6, 6.07) is 4.09. The van der Waals surface area contributed by atoms with Crippen LogP contribution in [0.2, 0.25) is 5.02 Å². The highest BCUT2D eigenvalue weighted by atomic mass is 35.5. The second kappa shape index (κ2) is 5.51. The smallest absolute Gasteiger partial charge is 0.324 e. The number of hydrogen-bond acceptors (Lipinski definition) is 3. The van der Waals surface area contributed by atoms with E-state index in [-0.39, 0.29) is 29.7 Å². The van der Waals surface area contributed by atoms with Crippen LogP contribution in [0.3, 0.4) is 0 Å². The number of nitrogens with zero attached hydrogens (tertiary/aromatic N) is 3. The molecule has 0 radical (unpaired) electrons. The summed E-state index contributed by atoms with van der Waals surface area (Å²) in [6.07, 6.45) is 0. The second-order valence-electron chi connectivity index (χ2n) is 3.46. The van der Waals surface area contributed by atoms with Crippen molar-refractivity contribution in [2.75, 3.05) is 0 Å². The van der Waals surface area contributed by atoms with Crippen molar-refractivity contribution < 1.29 is 4.39 Å². The molecule has 2 rings (SSSR count). The Morgan fingerprint density at radius 3 is 2.72 bits per heavy atom. The van der Waals surface area contributed by atoms with Crippen molar-refractivity contribution in [3.63, 3.8) is 0 Å². The second-order valence-corrected chi connectivity index (χ2v) is 3.87. The zero-order chi connectivity index (χ0) is 12.6. The van der Waals surface area contributed by atoms with Crippen LogP contribution in [0.25, 0.3) is 5.69 Å². The molecule has 0 bridgehead atoms. The van der Waals surface area contributed by atoms with Gasteiger partial charge in [-0.05, 0) is 18.2 Å². The highest BCUT2D eigenvalue weighted by Crippen LogP contribution is 2.17. The van der Waals surface area contributed by atoms with E-state index in [2.05, 4.69) is 5.10 Å². The van der Waals surface area contributed by atoms with E-state index in [9.17, 15) is 9.18 Å². The van der Waals surface area contributed by atoms with E-state index in [4.69, 9.17) is 17.3 Å². The predicted molar refractivity (Wildman–Crippen MR) is 68.9 cm³/mol. The molecule has 0 aliphatic rings. The SMILES string of the molecule is Cl.Cn1nc(CN)n(-c2ccc(Cl)c(F)c2)c1=O. The van der Waals surface area contributed by atoms with Gasteiger partial charge in [0.2, 0.25) is 0 Å². The van der Waals surface area contributed by atoms with Crippen molar-refractivity contribution in [2.24, 2.45) is 12.8 Å². The first-order chi connectivity index (χ1) is 8.04. The summed E-state index contributed by atoms with van der Waals surface area (Å²) in [6.45, 7) is 0.0837. The number of rotatable bonds is 2. The molecule has 0 aliphatic heterocycles. The fraction of sp³-hybridized carbons (Fsp3) is 0.200. The zero-order valence-corrected chi connectivity index (χ0v) is 11.0. The van der Waals surface area contributed by atoms with Gasteiger partial charge in [-0.2, -0.15) is 5.10 Å². The molecule has 2 aromatic rings. The zero-order valence-electron chi connectivity index (χ0n) is 9.43. The molecular formula is C10H11Cl2FN4O. The topological polar surface area (TPSA) is 65.8 Å². The molecular weight excluding hydrogens is 282 g/mol. The molecule has 0 spiro atoms. The molecule has 1 aromatic carbocycles. The first kappa shape index (κ1) is 14.7. The molecule has 8 heteroatoms. The maximum atomic E-state index is 13.3. The summed E-state index contributed by atoms with van der Waals surface area (Å²) in [5, 5.41) is 3.94. The van der Waals surface area contributed by atoms with Gasteiger partial charge in [0.05, 0.1) is 17.3 Å². The molecule has 0 amide bonds. The number of hydrogen-bond donors (Lipinski definition) is 1. The molecule has 98 valence electrons. The van der Waals surface area contributed by atoms with Crippen molar-refractivity contribution in [1.82, 2.24) is 14.3 Å². The average molecular weight is 293 g/mol. The van der Waals surface area contributed by atoms with Crippen LogP contribution in [0.4, 0.5) is 4.39 Å². The van der Waals surface area contributed by atoms with Crippen LogP contribution in [0.1, 0.15) is 5.82 Å². The minimum atomic E-state index is -0.595. The largest absolute Gasteiger partial charge is 0.350 e. The molecule has 0 saturated carbocycles. The van der Waals surface area contributed by atoms with Crippen molar-refractivity contribution in [3.05, 3.63) is 45.3 Å². The number of nitrogens with two attached hydrogens (primary N) is 1. The van der Waals surface area contributed by atoms with Gasteiger partial charge in [-0.25, -0.2) is 18.4 Å². The highest BCUT2D eigenvalue weighted by molar-refractivity contribution is 6.30. The Bertz CT molecular complexity index is 623. The fourth-order valence-corrected chi connectivity index (χ4v) is 1.65. The lowest BCUT2D eigenvalue weighted by Crippen LogP contribution is -2.22. The summed E-state index contributed by atoms with van der Waals surface area (Å²) in [7, 11) is 1.50. The van der Waals surface area contributed by atoms with Gasteiger partial charge >= 0.3 is 5.69 Å². The summed E-state index contributed by atoms with van der Waals surface area (Å²) < 4.78 is 15.7. The van der Waals surface area contributed by atoms with Gasteiger partial charge in [0.1, 0.15) is 5.82 Å². The summed E-state index contributed by atoms with van der Waals surface area (Å²) in [4.78, 5) is 11.8. The van der Waals surface area contributed by atoms with Crippen LogP contribution >= 0.6 is 24.0 Å². The number of aromatic nitrogens is 3. The van der Waals surface area contributed by atoms with Crippen LogP contribution in [-0.2, 0) is 13.6 Å². The van der Waals surface area contributed by atoms with Gasteiger partial charge in [-0.1, -0.05) is 11.6 Å². The first-order valence-electron chi connectivity index (χ1n) is 4.85. The molecule has 2 N–H and O–H groups in total. The quantitative estimate of drug-likeness (QED) is 0.906. The van der Waals surface area contributed by atoms with Crippen molar-refractivity contribution in [3.8, 4) is 5.69 Å². The Hall–Kier alpha value is -1.37. The van der Waals surface area contributed by atoms with E-state index in [1.54, 1.807) is 0 Å². The molecule has 0 fully saturated rings. The normalized spacial score (nSPS) is 10.2. The van der Waals surface area contributed by atoms with Gasteiger partial charge in [0.15, 0.2) is 5.82 Å². The van der Waals surface area contributed by atoms with E-state index in [0.29, 0.717) is 11.5 Å². The van der Waals surface area contributed by atoms with Crippen molar-refractivity contribution in [1.29, 1.82) is 0 Å². The van der Waals surface area contributed by atoms with Crippen LogP contribution in [0, 0.1) is 5.82 Å². The molecule has 1 aromatic heterocycles. The summed E-state index contributed by atoms with van der Waals surface area (Å²) in [5.74, 6) is -0.234. The third-order valence-corrected chi connectivity index (χ3v) is 2.64. The standard InChI is InChI=1S/C10H10ClFN4O.ClH/c1-15-10(17)16(9(5-13)14-15)6-2-3-7(11)8(12)4-6;/h2-4H,5,13H2,1H3;1H. The first-order valence-corrected chi connectivity index (χ1v) is 5.23. The molecule has 0 atom stereocenters. The van der Waals surface area contributed by atoms with Gasteiger partial charge in [0.25, 0.3) is 0 Å². The molecule has 0 unspecified atom stereocenters. The number of aryl methyl sites for hydroxylation is 1. The Balaban J connectivity index is 0.00000162. The van der Waals surface area contributed by atoms with Gasteiger partial charge < -0.3 is 5.73 Å². The fourth-order valence-electron chi connectivity index (χ4n) is 1.53. The Kier molecular flexibility index (Phi) is 4.50. The number of benzene rings is 1. The minimum absolute atomic E-state index is 0. The van der Waals surface area contributed by atoms with Crippen LogP contribution < -0.4 is 11.4 Å². The third-order valence-electron chi connectivity index (χ3n) is 2.34. The van der Waals surface area contributed by atoms with Gasteiger partial charge in [-0.3, -0.25) is 0 Å². The lowest BCUT2D eigenvalue weighted by atomic mass is 10.3. The van der Waals surface area contributed by atoms with Crippen LogP contribution in [0.5, 0.6) is 0 Å². The maximum Gasteiger partial charge on any atom is 0.350 e. The summed E-state index contributed by atoms with van der Waals surface area (Å²) in [5.41, 5.74) is 5.45. The van der Waals surface area contributed by atoms with Crippen LogP contribution in [0.15, 0.2) is 23.0 Å². The van der Waals surface area contributed by atoms with Crippen molar-refractivity contribution in [2.45, 2.75) is 6.54 Å². The molecule has 0 saturated heterocycles. The molecule has 18 heavy (non-hydrogen) atoms. The average Bonchev–Trinajstić information content (AvgIpc) is 2.59. The monoisotopic (exact) mass is 292 g/mol. The lowest BCUT2D eigenvalue weighted by Gasteiger charge is -2.04. The van der Waals surface area contributed by atoms with E-state index in [1.165, 1.54) is 29.8 Å². The summed E-state index contributed by atoms with van der Waals surface area (Å²) >= 11 is 5.58. The van der Waals surface area contributed by atoms with Gasteiger partial charge in [0, 0.05) is 7.05 Å². The van der Waals surface area contributed by atoms with E-state index in [0.717, 1.165) is 4.68 Å². The van der Waals surface area contributed by atoms with Crippen molar-refractivity contribution >= 4 is 24.0 Å². The maximum absolute atomic E-state index is 13.3. The Morgan fingerprint density at radius 2 is 2.17 bits per heavy atom. The van der Waals surface area contributed by atoms with Gasteiger partial charge in [-0.15, -0.1) is 12.4 Å². The molecule has 0 aliphatic carbocycles.